The number of rotatable bonds is 14. The van der Waals surface area contributed by atoms with E-state index in [9.17, 15) is 24.4 Å². The highest BCUT2D eigenvalue weighted by molar-refractivity contribution is 6.27. The molecule has 1 aliphatic heterocycles. The zero-order valence-corrected chi connectivity index (χ0v) is 30.9. The number of hydrogen-bond acceptors (Lipinski definition) is 7. The minimum absolute atomic E-state index is 0.177. The van der Waals surface area contributed by atoms with Crippen LogP contribution in [0.15, 0.2) is 45.5 Å². The third-order valence-corrected chi connectivity index (χ3v) is 9.67. The number of Topliss-reactive ketones (excluding diaryl/α,β-unsaturated/α-hetero) is 4. The number of amidine groups is 1. The Bertz CT molecular complexity index is 1590. The molecule has 1 aliphatic carbocycles. The maximum absolute atomic E-state index is 14.4. The molecule has 3 rings (SSSR count). The molecule has 2 unspecified atom stereocenters. The first-order valence-corrected chi connectivity index (χ1v) is 17.9. The largest absolute Gasteiger partial charge is 0.360 e. The summed E-state index contributed by atoms with van der Waals surface area (Å²) >= 11 is 0. The normalized spacial score (nSPS) is 18.4. The Hall–Kier alpha value is -3.92. The van der Waals surface area contributed by atoms with Crippen molar-refractivity contribution in [1.29, 1.82) is 5.26 Å². The van der Waals surface area contributed by atoms with E-state index in [0.29, 0.717) is 6.42 Å². The van der Waals surface area contributed by atoms with Gasteiger partial charge in [0, 0.05) is 36.1 Å². The van der Waals surface area contributed by atoms with Gasteiger partial charge < -0.3 is 4.90 Å². The van der Waals surface area contributed by atoms with E-state index in [4.69, 9.17) is 4.99 Å². The number of unbranched alkanes of at least 4 members (excludes halogenated alkanes) is 2. The zero-order chi connectivity index (χ0) is 35.9. The van der Waals surface area contributed by atoms with Gasteiger partial charge in [-0.25, -0.2) is 4.99 Å². The average molecular weight is 654 g/mol. The van der Waals surface area contributed by atoms with Crippen LogP contribution in [0, 0.1) is 28.6 Å². The average Bonchev–Trinajstić information content (AvgIpc) is 3.46. The Morgan fingerprint density at radius 2 is 1.54 bits per heavy atom. The van der Waals surface area contributed by atoms with E-state index in [1.807, 2.05) is 6.07 Å². The maximum atomic E-state index is 14.4. The second kappa shape index (κ2) is 16.5. The Morgan fingerprint density at radius 3 is 1.98 bits per heavy atom. The number of ketones is 4. The molecule has 0 spiro atoms. The van der Waals surface area contributed by atoms with Gasteiger partial charge >= 0.3 is 0 Å². The summed E-state index contributed by atoms with van der Waals surface area (Å²) in [5, 5.41) is 10.2. The van der Waals surface area contributed by atoms with Crippen LogP contribution in [-0.2, 0) is 38.4 Å². The summed E-state index contributed by atoms with van der Waals surface area (Å²) in [6, 6.07) is 6.51. The van der Waals surface area contributed by atoms with Crippen LogP contribution in [0.1, 0.15) is 124 Å². The number of carbonyl (C=O) groups excluding carboxylic acids is 4. The maximum Gasteiger partial charge on any atom is 0.185 e. The summed E-state index contributed by atoms with van der Waals surface area (Å²) in [5.74, 6) is -4.47. The quantitative estimate of drug-likeness (QED) is 0.148. The SMILES string of the molecule is CCCCN(CCCC)C1=NC(c2c(CC)cc(CC)cc2CC)=C(/C=C2\C(=O)C(C(C(C)=O)C(=O)C(C)(C)C)C(=O)C(C#N)=C2C)C1. The lowest BCUT2D eigenvalue weighted by atomic mass is 9.67. The number of nitriles is 1. The fourth-order valence-corrected chi connectivity index (χ4v) is 6.77. The van der Waals surface area contributed by atoms with Crippen molar-refractivity contribution in [3.05, 3.63) is 62.8 Å². The summed E-state index contributed by atoms with van der Waals surface area (Å²) in [5.41, 5.74) is 5.70. The van der Waals surface area contributed by atoms with Crippen LogP contribution in [0.2, 0.25) is 0 Å². The molecule has 0 aromatic heterocycles. The van der Waals surface area contributed by atoms with Crippen LogP contribution in [0.3, 0.4) is 0 Å². The lowest BCUT2D eigenvalue weighted by Crippen LogP contribution is -2.46. The summed E-state index contributed by atoms with van der Waals surface area (Å²) in [6.45, 7) is 20.4. The van der Waals surface area contributed by atoms with Crippen LogP contribution in [0.25, 0.3) is 5.70 Å². The van der Waals surface area contributed by atoms with Gasteiger partial charge in [0.15, 0.2) is 11.6 Å². The fraction of sp³-hybridized carbons (Fsp3) is 0.561. The topological polar surface area (TPSA) is 108 Å². The molecule has 2 aliphatic rings. The Morgan fingerprint density at radius 1 is 0.979 bits per heavy atom. The first-order chi connectivity index (χ1) is 22.7. The van der Waals surface area contributed by atoms with E-state index < -0.39 is 40.4 Å². The van der Waals surface area contributed by atoms with Crippen LogP contribution in [-0.4, -0.2) is 47.0 Å². The number of hydrogen-bond donors (Lipinski definition) is 0. The standard InChI is InChI=1S/C41H55N3O4/c1-11-16-18-44(19-17-12-2)33-23-30(37(43-33)35-28(14-4)20-27(13-3)21-29(35)15-5)22-31-25(6)32(24-42)39(47)36(38(31)46)34(26(7)45)40(48)41(8,9)10/h20-22,34,36H,11-19,23H2,1-10H3/b31-22-. The predicted molar refractivity (Wildman–Crippen MR) is 193 cm³/mol. The Balaban J connectivity index is 2.37. The summed E-state index contributed by atoms with van der Waals surface area (Å²) in [6.07, 6.45) is 9.01. The van der Waals surface area contributed by atoms with Gasteiger partial charge in [-0.2, -0.15) is 5.26 Å². The van der Waals surface area contributed by atoms with E-state index >= 15 is 0 Å². The monoisotopic (exact) mass is 653 g/mol. The lowest BCUT2D eigenvalue weighted by molar-refractivity contribution is -0.146. The van der Waals surface area contributed by atoms with Crippen LogP contribution in [0.5, 0.6) is 0 Å². The fourth-order valence-electron chi connectivity index (χ4n) is 6.77. The Labute approximate surface area is 288 Å². The summed E-state index contributed by atoms with van der Waals surface area (Å²) in [4.78, 5) is 62.4. The van der Waals surface area contributed by atoms with Crippen molar-refractivity contribution in [3.63, 3.8) is 0 Å². The van der Waals surface area contributed by atoms with Crippen molar-refractivity contribution in [2.45, 2.75) is 121 Å². The molecule has 258 valence electrons. The van der Waals surface area contributed by atoms with Crippen molar-refractivity contribution < 1.29 is 19.2 Å². The van der Waals surface area contributed by atoms with E-state index in [0.717, 1.165) is 80.7 Å². The van der Waals surface area contributed by atoms with Gasteiger partial charge in [0.05, 0.1) is 17.2 Å². The first-order valence-electron chi connectivity index (χ1n) is 17.9. The molecular weight excluding hydrogens is 598 g/mol. The van der Waals surface area contributed by atoms with Crippen LogP contribution >= 0.6 is 0 Å². The third kappa shape index (κ3) is 8.02. The highest BCUT2D eigenvalue weighted by atomic mass is 16.2. The molecule has 0 radical (unpaired) electrons. The molecule has 0 saturated carbocycles. The molecule has 7 heteroatoms. The van der Waals surface area contributed by atoms with Gasteiger partial charge in [0.2, 0.25) is 0 Å². The van der Waals surface area contributed by atoms with Gasteiger partial charge in [-0.15, -0.1) is 0 Å². The molecule has 1 aromatic carbocycles. The van der Waals surface area contributed by atoms with Crippen molar-refractivity contribution in [1.82, 2.24) is 4.90 Å². The van der Waals surface area contributed by atoms with Gasteiger partial charge in [0.1, 0.15) is 29.4 Å². The Kier molecular flexibility index (Phi) is 13.2. The van der Waals surface area contributed by atoms with Crippen molar-refractivity contribution in [3.8, 4) is 6.07 Å². The van der Waals surface area contributed by atoms with Gasteiger partial charge in [-0.3, -0.25) is 19.2 Å². The van der Waals surface area contributed by atoms with Gasteiger partial charge in [-0.05, 0) is 79.9 Å². The van der Waals surface area contributed by atoms with Crippen molar-refractivity contribution in [2.75, 3.05) is 13.1 Å². The minimum atomic E-state index is -1.57. The second-order valence-corrected chi connectivity index (χ2v) is 14.2. The lowest BCUT2D eigenvalue weighted by Gasteiger charge is -2.31. The third-order valence-electron chi connectivity index (χ3n) is 9.67. The van der Waals surface area contributed by atoms with Gasteiger partial charge in [0.25, 0.3) is 0 Å². The van der Waals surface area contributed by atoms with E-state index in [1.165, 1.54) is 23.6 Å². The van der Waals surface area contributed by atoms with Crippen molar-refractivity contribution in [2.24, 2.45) is 22.2 Å². The number of allylic oxidation sites excluding steroid dienone is 4. The molecule has 0 bridgehead atoms. The molecule has 0 amide bonds. The van der Waals surface area contributed by atoms with Crippen LogP contribution < -0.4 is 0 Å². The molecule has 48 heavy (non-hydrogen) atoms. The molecule has 0 fully saturated rings. The molecular formula is C41H55N3O4. The molecule has 1 heterocycles. The molecule has 1 aromatic rings. The number of benzene rings is 1. The number of aliphatic imine (C=N–C) groups is 1. The van der Waals surface area contributed by atoms with Crippen LogP contribution in [0.4, 0.5) is 0 Å². The summed E-state index contributed by atoms with van der Waals surface area (Å²) < 4.78 is 0. The molecule has 2 atom stereocenters. The highest BCUT2D eigenvalue weighted by Crippen LogP contribution is 2.40. The van der Waals surface area contributed by atoms with E-state index in [-0.39, 0.29) is 16.7 Å². The smallest absolute Gasteiger partial charge is 0.185 e. The number of nitrogens with zero attached hydrogens (tertiary/aromatic N) is 3. The summed E-state index contributed by atoms with van der Waals surface area (Å²) in [7, 11) is 0. The second-order valence-electron chi connectivity index (χ2n) is 14.2. The molecule has 7 nitrogen and oxygen atoms in total. The first kappa shape index (κ1) is 38.5. The predicted octanol–water partition coefficient (Wildman–Crippen LogP) is 8.14. The number of aryl methyl sites for hydroxylation is 3. The minimum Gasteiger partial charge on any atom is -0.360 e. The van der Waals surface area contributed by atoms with E-state index in [2.05, 4.69) is 51.7 Å². The number of carbonyl (C=O) groups is 4. The van der Waals surface area contributed by atoms with Gasteiger partial charge in [-0.1, -0.05) is 80.4 Å². The molecule has 0 saturated heterocycles. The van der Waals surface area contributed by atoms with Crippen molar-refractivity contribution >= 4 is 34.7 Å². The molecule has 0 N–H and O–H groups in total. The highest BCUT2D eigenvalue weighted by Gasteiger charge is 2.49. The zero-order valence-electron chi connectivity index (χ0n) is 30.9. The van der Waals surface area contributed by atoms with E-state index in [1.54, 1.807) is 33.8 Å².